The minimum atomic E-state index is 0.00207. The summed E-state index contributed by atoms with van der Waals surface area (Å²) >= 11 is 0. The number of rotatable bonds is 6. The van der Waals surface area contributed by atoms with Gasteiger partial charge in [0.2, 0.25) is 5.95 Å². The maximum Gasteiger partial charge on any atom is 0.318 e. The van der Waals surface area contributed by atoms with E-state index in [0.29, 0.717) is 37.1 Å². The zero-order valence-electron chi connectivity index (χ0n) is 22.4. The first-order chi connectivity index (χ1) is 18.4. The normalized spacial score (nSPS) is 21.0. The molecule has 3 aromatic rings. The smallest absolute Gasteiger partial charge is 0.318 e. The Balaban J connectivity index is 1.04. The standard InChI is InChI=1S/C27H36N10O/c1-19-16-36(26-30-14-23(13-28)15-31-26)17-20(2)37(19)27(38)29-9-6-21-7-10-35(11-8-21)18-22-4-5-25-24(12-22)32-33-34(25)3/h4-5,12,14-15,19-21H,6-11,16-18H2,1-3H3,(H,29,38)/t19-,20+. The van der Waals surface area contributed by atoms with Crippen LogP contribution in [0, 0.1) is 17.2 Å². The van der Waals surface area contributed by atoms with E-state index in [0.717, 1.165) is 49.9 Å². The molecule has 2 amide bonds. The van der Waals surface area contributed by atoms with Gasteiger partial charge in [0.1, 0.15) is 11.6 Å². The van der Waals surface area contributed by atoms with Crippen LogP contribution in [0.5, 0.6) is 0 Å². The first-order valence-corrected chi connectivity index (χ1v) is 13.4. The first kappa shape index (κ1) is 25.9. The molecule has 4 heterocycles. The van der Waals surface area contributed by atoms with Crippen molar-refractivity contribution < 1.29 is 4.79 Å². The molecule has 0 radical (unpaired) electrons. The number of hydrogen-bond donors (Lipinski definition) is 1. The summed E-state index contributed by atoms with van der Waals surface area (Å²) in [7, 11) is 1.91. The van der Waals surface area contributed by atoms with Gasteiger partial charge >= 0.3 is 6.03 Å². The fourth-order valence-electron chi connectivity index (χ4n) is 5.78. The molecular formula is C27H36N10O. The van der Waals surface area contributed by atoms with Gasteiger partial charge in [-0.3, -0.25) is 4.90 Å². The zero-order valence-corrected chi connectivity index (χ0v) is 22.4. The Labute approximate surface area is 223 Å². The lowest BCUT2D eigenvalue weighted by Crippen LogP contribution is -2.61. The number of aromatic nitrogens is 5. The lowest BCUT2D eigenvalue weighted by atomic mass is 9.93. The second kappa shape index (κ2) is 11.3. The molecule has 1 N–H and O–H groups in total. The Kier molecular flexibility index (Phi) is 7.69. The molecule has 0 spiro atoms. The predicted octanol–water partition coefficient (Wildman–Crippen LogP) is 2.54. The third-order valence-electron chi connectivity index (χ3n) is 7.82. The van der Waals surface area contributed by atoms with E-state index in [1.165, 1.54) is 5.56 Å². The number of hydrogen-bond acceptors (Lipinski definition) is 8. The van der Waals surface area contributed by atoms with Gasteiger partial charge < -0.3 is 15.1 Å². The number of urea groups is 1. The Morgan fingerprint density at radius 2 is 1.84 bits per heavy atom. The molecule has 2 fully saturated rings. The highest BCUT2D eigenvalue weighted by molar-refractivity contribution is 5.75. The summed E-state index contributed by atoms with van der Waals surface area (Å²) in [6, 6.07) is 8.52. The van der Waals surface area contributed by atoms with Crippen molar-refractivity contribution in [3.05, 3.63) is 41.7 Å². The highest BCUT2D eigenvalue weighted by atomic mass is 16.2. The number of likely N-dealkylation sites (tertiary alicyclic amines) is 1. The average molecular weight is 517 g/mol. The number of amides is 2. The Bertz CT molecular complexity index is 1280. The molecule has 0 saturated carbocycles. The Morgan fingerprint density at radius 1 is 1.13 bits per heavy atom. The molecule has 11 heteroatoms. The number of anilines is 1. The molecular weight excluding hydrogens is 480 g/mol. The molecule has 2 saturated heterocycles. The molecule has 11 nitrogen and oxygen atoms in total. The van der Waals surface area contributed by atoms with Crippen LogP contribution in [-0.2, 0) is 13.6 Å². The van der Waals surface area contributed by atoms with E-state index >= 15 is 0 Å². The van der Waals surface area contributed by atoms with E-state index in [1.807, 2.05) is 18.0 Å². The monoisotopic (exact) mass is 516 g/mol. The highest BCUT2D eigenvalue weighted by Crippen LogP contribution is 2.23. The topological polar surface area (TPSA) is 119 Å². The van der Waals surface area contributed by atoms with Gasteiger partial charge in [-0.25, -0.2) is 19.4 Å². The van der Waals surface area contributed by atoms with Gasteiger partial charge in [0.15, 0.2) is 0 Å². The van der Waals surface area contributed by atoms with Crippen LogP contribution in [0.15, 0.2) is 30.6 Å². The summed E-state index contributed by atoms with van der Waals surface area (Å²) in [5.74, 6) is 1.23. The molecule has 2 aliphatic rings. The minimum Gasteiger partial charge on any atom is -0.338 e. The van der Waals surface area contributed by atoms with Crippen molar-refractivity contribution in [2.24, 2.45) is 13.0 Å². The lowest BCUT2D eigenvalue weighted by molar-refractivity contribution is 0.139. The van der Waals surface area contributed by atoms with E-state index in [2.05, 4.69) is 67.4 Å². The van der Waals surface area contributed by atoms with Crippen molar-refractivity contribution in [3.8, 4) is 6.07 Å². The van der Waals surface area contributed by atoms with Crippen LogP contribution in [-0.4, -0.2) is 85.6 Å². The summed E-state index contributed by atoms with van der Waals surface area (Å²) in [5.41, 5.74) is 3.72. The quantitative estimate of drug-likeness (QED) is 0.531. The van der Waals surface area contributed by atoms with Gasteiger partial charge in [0, 0.05) is 45.3 Å². The van der Waals surface area contributed by atoms with E-state index in [-0.39, 0.29) is 18.1 Å². The van der Waals surface area contributed by atoms with Crippen molar-refractivity contribution in [1.29, 1.82) is 5.26 Å². The molecule has 5 rings (SSSR count). The van der Waals surface area contributed by atoms with Crippen LogP contribution in [0.3, 0.4) is 0 Å². The van der Waals surface area contributed by atoms with Gasteiger partial charge in [-0.05, 0) is 69.8 Å². The predicted molar refractivity (Wildman–Crippen MR) is 144 cm³/mol. The van der Waals surface area contributed by atoms with Gasteiger partial charge in [0.05, 0.1) is 23.5 Å². The molecule has 2 aliphatic heterocycles. The number of aryl methyl sites for hydroxylation is 1. The number of nitriles is 1. The third-order valence-corrected chi connectivity index (χ3v) is 7.82. The summed E-state index contributed by atoms with van der Waals surface area (Å²) < 4.78 is 1.80. The number of piperidine rings is 1. The third kappa shape index (κ3) is 5.70. The number of nitrogens with one attached hydrogen (secondary N) is 1. The molecule has 200 valence electrons. The Hall–Kier alpha value is -3.78. The average Bonchev–Trinajstić information content (AvgIpc) is 3.29. The van der Waals surface area contributed by atoms with Crippen molar-refractivity contribution in [3.63, 3.8) is 0 Å². The van der Waals surface area contributed by atoms with Gasteiger partial charge in [-0.15, -0.1) is 5.10 Å². The van der Waals surface area contributed by atoms with Crippen molar-refractivity contribution in [2.45, 2.75) is 51.7 Å². The second-order valence-corrected chi connectivity index (χ2v) is 10.7. The van der Waals surface area contributed by atoms with Gasteiger partial charge in [0.25, 0.3) is 0 Å². The largest absolute Gasteiger partial charge is 0.338 e. The summed E-state index contributed by atoms with van der Waals surface area (Å²) in [6.07, 6.45) is 6.39. The molecule has 0 unspecified atom stereocenters. The first-order valence-electron chi connectivity index (χ1n) is 13.4. The number of benzene rings is 1. The molecule has 38 heavy (non-hydrogen) atoms. The SMILES string of the molecule is C[C@@H]1CN(c2ncc(C#N)cn2)C[C@H](C)N1C(=O)NCCC1CCN(Cc2ccc3c(c2)nnn3C)CC1. The zero-order chi connectivity index (χ0) is 26.6. The summed E-state index contributed by atoms with van der Waals surface area (Å²) in [5, 5.41) is 20.5. The van der Waals surface area contributed by atoms with Crippen LogP contribution in [0.4, 0.5) is 10.7 Å². The second-order valence-electron chi connectivity index (χ2n) is 10.7. The fraction of sp³-hybridized carbons (Fsp3) is 0.556. The number of carbonyl (C=O) groups excluding carboxylic acids is 1. The van der Waals surface area contributed by atoms with Gasteiger partial charge in [-0.2, -0.15) is 5.26 Å². The van der Waals surface area contributed by atoms with Gasteiger partial charge in [-0.1, -0.05) is 11.3 Å². The molecule has 2 aromatic heterocycles. The van der Waals surface area contributed by atoms with E-state index < -0.39 is 0 Å². The summed E-state index contributed by atoms with van der Waals surface area (Å²) in [6.45, 7) is 9.22. The number of carbonyl (C=O) groups is 1. The van der Waals surface area contributed by atoms with E-state index in [9.17, 15) is 4.79 Å². The molecule has 1 aromatic carbocycles. The molecule has 0 bridgehead atoms. The van der Waals surface area contributed by atoms with E-state index in [1.54, 1.807) is 17.1 Å². The van der Waals surface area contributed by atoms with Crippen molar-refractivity contribution in [2.75, 3.05) is 37.6 Å². The van der Waals surface area contributed by atoms with E-state index in [4.69, 9.17) is 5.26 Å². The molecule has 0 aliphatic carbocycles. The van der Waals surface area contributed by atoms with Crippen molar-refractivity contribution >= 4 is 23.0 Å². The van der Waals surface area contributed by atoms with Crippen molar-refractivity contribution in [1.82, 2.24) is 40.1 Å². The lowest BCUT2D eigenvalue weighted by Gasteiger charge is -2.44. The summed E-state index contributed by atoms with van der Waals surface area (Å²) in [4.78, 5) is 28.2. The molecule has 2 atom stereocenters. The van der Waals surface area contributed by atoms with Crippen LogP contribution < -0.4 is 10.2 Å². The number of piperazine rings is 1. The number of nitrogens with zero attached hydrogens (tertiary/aromatic N) is 9. The maximum atomic E-state index is 13.0. The van der Waals surface area contributed by atoms with Crippen LogP contribution in [0.1, 0.15) is 44.2 Å². The van der Waals surface area contributed by atoms with Crippen LogP contribution in [0.25, 0.3) is 11.0 Å². The fourth-order valence-corrected chi connectivity index (χ4v) is 5.78. The Morgan fingerprint density at radius 3 is 2.53 bits per heavy atom. The van der Waals surface area contributed by atoms with Crippen LogP contribution in [0.2, 0.25) is 0 Å². The number of fused-ring (bicyclic) bond motifs is 1. The highest BCUT2D eigenvalue weighted by Gasteiger charge is 2.34. The maximum absolute atomic E-state index is 13.0. The van der Waals surface area contributed by atoms with Crippen LogP contribution >= 0.6 is 0 Å². The minimum absolute atomic E-state index is 0.00207.